The minimum absolute atomic E-state index is 0.308. The zero-order chi connectivity index (χ0) is 21.2. The van der Waals surface area contributed by atoms with Crippen LogP contribution in [0.3, 0.4) is 0 Å². The Bertz CT molecular complexity index is 1140. The SMILES string of the molecule is Cc1ccc2c(c1)C1(OC2=O)c2ccc(N(C)C)cc2Oc2cc(N(C)C)ccc21. The molecule has 152 valence electrons. The lowest BCUT2D eigenvalue weighted by atomic mass is 9.77. The Hall–Kier alpha value is -3.47. The van der Waals surface area contributed by atoms with Crippen molar-refractivity contribution in [2.75, 3.05) is 38.0 Å². The van der Waals surface area contributed by atoms with E-state index in [1.54, 1.807) is 0 Å². The number of ether oxygens (including phenoxy) is 2. The Morgan fingerprint density at radius 2 is 1.30 bits per heavy atom. The highest BCUT2D eigenvalue weighted by molar-refractivity contribution is 5.97. The van der Waals surface area contributed by atoms with Gasteiger partial charge in [-0.3, -0.25) is 0 Å². The first-order valence-corrected chi connectivity index (χ1v) is 9.97. The highest BCUT2D eigenvalue weighted by Crippen LogP contribution is 2.57. The van der Waals surface area contributed by atoms with Crippen molar-refractivity contribution in [1.29, 1.82) is 0 Å². The van der Waals surface area contributed by atoms with E-state index in [0.29, 0.717) is 17.1 Å². The van der Waals surface area contributed by atoms with Gasteiger partial charge in [0.15, 0.2) is 5.60 Å². The molecule has 3 aromatic rings. The summed E-state index contributed by atoms with van der Waals surface area (Å²) in [4.78, 5) is 17.0. The minimum atomic E-state index is -1.02. The zero-order valence-electron chi connectivity index (χ0n) is 17.8. The van der Waals surface area contributed by atoms with Crippen LogP contribution in [0.15, 0.2) is 54.6 Å². The molecule has 0 aliphatic carbocycles. The third-order valence-electron chi connectivity index (χ3n) is 5.96. The van der Waals surface area contributed by atoms with Crippen LogP contribution in [-0.4, -0.2) is 34.2 Å². The van der Waals surface area contributed by atoms with Crippen LogP contribution in [0.5, 0.6) is 11.5 Å². The quantitative estimate of drug-likeness (QED) is 0.584. The monoisotopic (exact) mass is 400 g/mol. The summed E-state index contributed by atoms with van der Waals surface area (Å²) in [6.07, 6.45) is 0. The molecule has 0 radical (unpaired) electrons. The lowest BCUT2D eigenvalue weighted by Gasteiger charge is -2.37. The van der Waals surface area contributed by atoms with Crippen LogP contribution >= 0.6 is 0 Å². The zero-order valence-corrected chi connectivity index (χ0v) is 17.8. The molecule has 0 saturated carbocycles. The molecular weight excluding hydrogens is 376 g/mol. The molecule has 2 aliphatic heterocycles. The molecule has 0 unspecified atom stereocenters. The van der Waals surface area contributed by atoms with Crippen LogP contribution in [0.25, 0.3) is 0 Å². The van der Waals surface area contributed by atoms with Crippen molar-refractivity contribution in [3.8, 4) is 11.5 Å². The predicted octanol–water partition coefficient (Wildman–Crippen LogP) is 4.70. The standard InChI is InChI=1S/C25H24N2O3/c1-15-6-9-18-21(12-15)25(30-24(18)28)19-10-7-16(26(2)3)13-22(19)29-23-14-17(27(4)5)8-11-20(23)25/h6-14H,1-5H3. The van der Waals surface area contributed by atoms with Crippen LogP contribution in [-0.2, 0) is 10.3 Å². The van der Waals surface area contributed by atoms with Gasteiger partial charge in [-0.1, -0.05) is 17.7 Å². The third kappa shape index (κ3) is 2.45. The molecule has 0 N–H and O–H groups in total. The van der Waals surface area contributed by atoms with Crippen LogP contribution in [0.2, 0.25) is 0 Å². The molecule has 5 heteroatoms. The van der Waals surface area contributed by atoms with Crippen LogP contribution in [0.4, 0.5) is 11.4 Å². The minimum Gasteiger partial charge on any atom is -0.456 e. The molecule has 3 aromatic carbocycles. The number of nitrogens with zero attached hydrogens (tertiary/aromatic N) is 2. The van der Waals surface area contributed by atoms with E-state index in [1.807, 2.05) is 93.4 Å². The first kappa shape index (κ1) is 18.6. The molecule has 0 saturated heterocycles. The number of carbonyl (C=O) groups excluding carboxylic acids is 1. The molecule has 2 aliphatic rings. The van der Waals surface area contributed by atoms with E-state index < -0.39 is 5.60 Å². The number of anilines is 2. The van der Waals surface area contributed by atoms with Gasteiger partial charge in [-0.15, -0.1) is 0 Å². The molecule has 30 heavy (non-hydrogen) atoms. The van der Waals surface area contributed by atoms with Crippen molar-refractivity contribution in [1.82, 2.24) is 0 Å². The number of hydrogen-bond acceptors (Lipinski definition) is 5. The molecule has 0 fully saturated rings. The number of fused-ring (bicyclic) bond motifs is 6. The number of esters is 1. The van der Waals surface area contributed by atoms with Gasteiger partial charge in [0, 0.05) is 68.4 Å². The number of rotatable bonds is 2. The van der Waals surface area contributed by atoms with Gasteiger partial charge in [0.2, 0.25) is 0 Å². The highest BCUT2D eigenvalue weighted by Gasteiger charge is 2.53. The molecule has 1 spiro atoms. The Kier molecular flexibility index (Phi) is 3.87. The number of carbonyl (C=O) groups is 1. The van der Waals surface area contributed by atoms with E-state index in [-0.39, 0.29) is 5.97 Å². The number of hydrogen-bond donors (Lipinski definition) is 0. The fourth-order valence-electron chi connectivity index (χ4n) is 4.37. The maximum Gasteiger partial charge on any atom is 0.340 e. The van der Waals surface area contributed by atoms with Crippen molar-refractivity contribution in [3.63, 3.8) is 0 Å². The Balaban J connectivity index is 1.85. The molecule has 5 nitrogen and oxygen atoms in total. The highest BCUT2D eigenvalue weighted by atomic mass is 16.6. The Morgan fingerprint density at radius 3 is 1.83 bits per heavy atom. The summed E-state index contributed by atoms with van der Waals surface area (Å²) in [5.41, 5.74) is 5.26. The summed E-state index contributed by atoms with van der Waals surface area (Å²) in [5.74, 6) is 1.09. The maximum atomic E-state index is 12.9. The summed E-state index contributed by atoms with van der Waals surface area (Å²) in [5, 5.41) is 0. The summed E-state index contributed by atoms with van der Waals surface area (Å²) in [7, 11) is 7.97. The third-order valence-corrected chi connectivity index (χ3v) is 5.96. The van der Waals surface area contributed by atoms with Crippen LogP contribution in [0.1, 0.15) is 32.6 Å². The number of aryl methyl sites for hydroxylation is 1. The fourth-order valence-corrected chi connectivity index (χ4v) is 4.37. The van der Waals surface area contributed by atoms with Crippen molar-refractivity contribution in [2.45, 2.75) is 12.5 Å². The van der Waals surface area contributed by atoms with Crippen LogP contribution < -0.4 is 14.5 Å². The lowest BCUT2D eigenvalue weighted by Crippen LogP contribution is -2.33. The van der Waals surface area contributed by atoms with E-state index in [4.69, 9.17) is 9.47 Å². The van der Waals surface area contributed by atoms with Crippen molar-refractivity contribution in [2.24, 2.45) is 0 Å². The van der Waals surface area contributed by atoms with Gasteiger partial charge in [-0.05, 0) is 37.3 Å². The second kappa shape index (κ2) is 6.26. The Labute approximate surface area is 176 Å². The van der Waals surface area contributed by atoms with Gasteiger partial charge < -0.3 is 19.3 Å². The van der Waals surface area contributed by atoms with Crippen molar-refractivity contribution < 1.29 is 14.3 Å². The van der Waals surface area contributed by atoms with Crippen LogP contribution in [0, 0.1) is 6.92 Å². The van der Waals surface area contributed by atoms with E-state index in [1.165, 1.54) is 0 Å². The summed E-state index contributed by atoms with van der Waals surface area (Å²) < 4.78 is 12.6. The van der Waals surface area contributed by atoms with Gasteiger partial charge in [0.1, 0.15) is 11.5 Å². The smallest absolute Gasteiger partial charge is 0.340 e. The summed E-state index contributed by atoms with van der Waals surface area (Å²) in [6, 6.07) is 18.0. The lowest BCUT2D eigenvalue weighted by molar-refractivity contribution is 0.0224. The van der Waals surface area contributed by atoms with Crippen molar-refractivity contribution in [3.05, 3.63) is 82.4 Å². The first-order chi connectivity index (χ1) is 14.3. The van der Waals surface area contributed by atoms with E-state index in [2.05, 4.69) is 6.07 Å². The summed E-state index contributed by atoms with van der Waals surface area (Å²) in [6.45, 7) is 2.03. The average Bonchev–Trinajstić information content (AvgIpc) is 2.99. The van der Waals surface area contributed by atoms with Gasteiger partial charge in [-0.25, -0.2) is 4.79 Å². The molecule has 5 rings (SSSR count). The second-order valence-electron chi connectivity index (χ2n) is 8.37. The first-order valence-electron chi connectivity index (χ1n) is 9.97. The molecule has 0 bridgehead atoms. The second-order valence-corrected chi connectivity index (χ2v) is 8.37. The molecule has 0 aromatic heterocycles. The molecule has 0 atom stereocenters. The molecule has 0 amide bonds. The van der Waals surface area contributed by atoms with Crippen molar-refractivity contribution >= 4 is 17.3 Å². The van der Waals surface area contributed by atoms with Gasteiger partial charge >= 0.3 is 5.97 Å². The van der Waals surface area contributed by atoms with Gasteiger partial charge in [0.05, 0.1) is 5.56 Å². The topological polar surface area (TPSA) is 42.0 Å². The van der Waals surface area contributed by atoms with E-state index in [0.717, 1.165) is 33.6 Å². The summed E-state index contributed by atoms with van der Waals surface area (Å²) >= 11 is 0. The average molecular weight is 400 g/mol. The normalized spacial score (nSPS) is 15.0. The van der Waals surface area contributed by atoms with Gasteiger partial charge in [-0.2, -0.15) is 0 Å². The maximum absolute atomic E-state index is 12.9. The van der Waals surface area contributed by atoms with E-state index in [9.17, 15) is 4.79 Å². The molecular formula is C25H24N2O3. The number of benzene rings is 3. The predicted molar refractivity (Wildman–Crippen MR) is 118 cm³/mol. The van der Waals surface area contributed by atoms with Gasteiger partial charge in [0.25, 0.3) is 0 Å². The molecule has 2 heterocycles. The van der Waals surface area contributed by atoms with E-state index >= 15 is 0 Å². The fraction of sp³-hybridized carbons (Fsp3) is 0.240. The Morgan fingerprint density at radius 1 is 0.733 bits per heavy atom. The largest absolute Gasteiger partial charge is 0.456 e.